The molecule has 2 nitrogen and oxygen atoms in total. The highest BCUT2D eigenvalue weighted by molar-refractivity contribution is 6.35. The van der Waals surface area contributed by atoms with Gasteiger partial charge in [-0.1, -0.05) is 11.6 Å². The van der Waals surface area contributed by atoms with Crippen molar-refractivity contribution in [3.05, 3.63) is 34.7 Å². The summed E-state index contributed by atoms with van der Waals surface area (Å²) in [7, 11) is 0. The minimum atomic E-state index is -0.490. The summed E-state index contributed by atoms with van der Waals surface area (Å²) in [6.45, 7) is 1.44. The first kappa shape index (κ1) is 9.21. The second kappa shape index (κ2) is 3.10. The molecule has 0 unspecified atom stereocenters. The highest BCUT2D eigenvalue weighted by atomic mass is 35.5. The minimum Gasteiger partial charge on any atom is -0.351 e. The lowest BCUT2D eigenvalue weighted by Gasteiger charge is -1.94. The fourth-order valence-electron chi connectivity index (χ4n) is 1.33. The molecule has 0 atom stereocenters. The van der Waals surface area contributed by atoms with Gasteiger partial charge in [0, 0.05) is 12.3 Å². The topological polar surface area (TPSA) is 32.9 Å². The third-order valence-corrected chi connectivity index (χ3v) is 2.44. The highest BCUT2D eigenvalue weighted by Crippen LogP contribution is 2.26. The van der Waals surface area contributed by atoms with Crippen molar-refractivity contribution in [2.24, 2.45) is 0 Å². The van der Waals surface area contributed by atoms with Crippen LogP contribution in [0.3, 0.4) is 0 Å². The van der Waals surface area contributed by atoms with E-state index in [2.05, 4.69) is 4.98 Å². The number of fused-ring (bicyclic) bond motifs is 1. The SMILES string of the molecule is CC(=O)c1cc2ccc(F)c(Cl)c2[nH]1. The molecule has 0 aliphatic rings. The van der Waals surface area contributed by atoms with Crippen LogP contribution in [0.2, 0.25) is 5.02 Å². The van der Waals surface area contributed by atoms with Crippen LogP contribution < -0.4 is 0 Å². The lowest BCUT2D eigenvalue weighted by Crippen LogP contribution is -1.90. The Bertz CT molecular complexity index is 518. The van der Waals surface area contributed by atoms with Crippen molar-refractivity contribution in [2.75, 3.05) is 0 Å². The molecule has 4 heteroatoms. The van der Waals surface area contributed by atoms with Gasteiger partial charge in [-0.2, -0.15) is 0 Å². The Balaban J connectivity index is 2.77. The van der Waals surface area contributed by atoms with Gasteiger partial charge < -0.3 is 4.98 Å². The van der Waals surface area contributed by atoms with Gasteiger partial charge in [0.1, 0.15) is 10.8 Å². The molecule has 0 amide bonds. The third kappa shape index (κ3) is 1.30. The number of aromatic nitrogens is 1. The third-order valence-electron chi connectivity index (χ3n) is 2.07. The van der Waals surface area contributed by atoms with E-state index in [-0.39, 0.29) is 10.8 Å². The average Bonchev–Trinajstić information content (AvgIpc) is 2.56. The molecule has 0 bridgehead atoms. The van der Waals surface area contributed by atoms with Gasteiger partial charge in [-0.25, -0.2) is 4.39 Å². The van der Waals surface area contributed by atoms with E-state index in [0.717, 1.165) is 5.39 Å². The van der Waals surface area contributed by atoms with Crippen molar-refractivity contribution in [2.45, 2.75) is 6.92 Å². The smallest absolute Gasteiger partial charge is 0.175 e. The zero-order valence-corrected chi connectivity index (χ0v) is 8.15. The van der Waals surface area contributed by atoms with Crippen LogP contribution in [0.5, 0.6) is 0 Å². The van der Waals surface area contributed by atoms with Crippen molar-refractivity contribution in [3.8, 4) is 0 Å². The number of hydrogen-bond acceptors (Lipinski definition) is 1. The van der Waals surface area contributed by atoms with E-state index in [4.69, 9.17) is 11.6 Å². The Morgan fingerprint density at radius 1 is 1.50 bits per heavy atom. The van der Waals surface area contributed by atoms with Gasteiger partial charge in [0.05, 0.1) is 11.2 Å². The molecule has 0 aliphatic heterocycles. The molecule has 0 saturated carbocycles. The molecule has 14 heavy (non-hydrogen) atoms. The van der Waals surface area contributed by atoms with Crippen molar-refractivity contribution in [3.63, 3.8) is 0 Å². The monoisotopic (exact) mass is 211 g/mol. The minimum absolute atomic E-state index is 0.0231. The summed E-state index contributed by atoms with van der Waals surface area (Å²) in [5.74, 6) is -0.589. The lowest BCUT2D eigenvalue weighted by atomic mass is 10.2. The van der Waals surface area contributed by atoms with Crippen LogP contribution >= 0.6 is 11.6 Å². The number of benzene rings is 1. The zero-order chi connectivity index (χ0) is 10.3. The normalized spacial score (nSPS) is 10.8. The molecule has 1 N–H and O–H groups in total. The molecule has 1 heterocycles. The standard InChI is InChI=1S/C10H7ClFNO/c1-5(14)8-4-6-2-3-7(12)9(11)10(6)13-8/h2-4,13H,1H3. The molecular weight excluding hydrogens is 205 g/mol. The molecular formula is C10H7ClFNO. The first-order chi connectivity index (χ1) is 6.59. The quantitative estimate of drug-likeness (QED) is 0.722. The fourth-order valence-corrected chi connectivity index (χ4v) is 1.55. The number of carbonyl (C=O) groups excluding carboxylic acids is 1. The van der Waals surface area contributed by atoms with Crippen LogP contribution in [0.15, 0.2) is 18.2 Å². The van der Waals surface area contributed by atoms with Gasteiger partial charge in [0.25, 0.3) is 0 Å². The maximum atomic E-state index is 13.0. The second-order valence-corrected chi connectivity index (χ2v) is 3.44. The molecule has 0 saturated heterocycles. The summed E-state index contributed by atoms with van der Waals surface area (Å²) < 4.78 is 13.0. The molecule has 0 aliphatic carbocycles. The molecule has 0 radical (unpaired) electrons. The van der Waals surface area contributed by atoms with Gasteiger partial charge in [-0.05, 0) is 18.2 Å². The van der Waals surface area contributed by atoms with Crippen LogP contribution in [0.4, 0.5) is 4.39 Å². The fraction of sp³-hybridized carbons (Fsp3) is 0.100. The number of rotatable bonds is 1. The van der Waals surface area contributed by atoms with E-state index < -0.39 is 5.82 Å². The predicted octanol–water partition coefficient (Wildman–Crippen LogP) is 3.16. The molecule has 72 valence electrons. The Kier molecular flexibility index (Phi) is 2.04. The van der Waals surface area contributed by atoms with Crippen molar-refractivity contribution in [1.82, 2.24) is 4.98 Å². The summed E-state index contributed by atoms with van der Waals surface area (Å²) in [6.07, 6.45) is 0. The van der Waals surface area contributed by atoms with Crippen LogP contribution in [-0.4, -0.2) is 10.8 Å². The Morgan fingerprint density at radius 3 is 2.86 bits per heavy atom. The Labute approximate surface area is 84.7 Å². The Morgan fingerprint density at radius 2 is 2.21 bits per heavy atom. The number of H-pyrrole nitrogens is 1. The molecule has 0 spiro atoms. The van der Waals surface area contributed by atoms with Crippen LogP contribution in [-0.2, 0) is 0 Å². The largest absolute Gasteiger partial charge is 0.351 e. The Hall–Kier alpha value is -1.35. The van der Waals surface area contributed by atoms with Gasteiger partial charge in [-0.15, -0.1) is 0 Å². The predicted molar refractivity (Wildman–Crippen MR) is 53.3 cm³/mol. The number of hydrogen-bond donors (Lipinski definition) is 1. The molecule has 0 fully saturated rings. The van der Waals surface area contributed by atoms with Crippen molar-refractivity contribution >= 4 is 28.3 Å². The van der Waals surface area contributed by atoms with Gasteiger partial charge in [-0.3, -0.25) is 4.79 Å². The number of aromatic amines is 1. The van der Waals surface area contributed by atoms with Crippen molar-refractivity contribution in [1.29, 1.82) is 0 Å². The van der Waals surface area contributed by atoms with E-state index in [9.17, 15) is 9.18 Å². The first-order valence-electron chi connectivity index (χ1n) is 4.07. The summed E-state index contributed by atoms with van der Waals surface area (Å²) in [5, 5.41) is 0.761. The summed E-state index contributed by atoms with van der Waals surface area (Å²) >= 11 is 5.73. The maximum Gasteiger partial charge on any atom is 0.175 e. The number of ketones is 1. The average molecular weight is 212 g/mol. The van der Waals surface area contributed by atoms with Gasteiger partial charge in [0.15, 0.2) is 5.78 Å². The first-order valence-corrected chi connectivity index (χ1v) is 4.45. The number of Topliss-reactive ketones (excluding diaryl/α,β-unsaturated/α-hetero) is 1. The van der Waals surface area contributed by atoms with Crippen LogP contribution in [0.25, 0.3) is 10.9 Å². The maximum absolute atomic E-state index is 13.0. The molecule has 1 aromatic heterocycles. The van der Waals surface area contributed by atoms with Gasteiger partial charge >= 0.3 is 0 Å². The van der Waals surface area contributed by atoms with E-state index in [1.165, 1.54) is 13.0 Å². The molecule has 2 rings (SSSR count). The number of nitrogens with one attached hydrogen (secondary N) is 1. The molecule has 2 aromatic rings. The highest BCUT2D eigenvalue weighted by Gasteiger charge is 2.10. The van der Waals surface area contributed by atoms with E-state index >= 15 is 0 Å². The van der Waals surface area contributed by atoms with Gasteiger partial charge in [0.2, 0.25) is 0 Å². The summed E-state index contributed by atoms with van der Waals surface area (Å²) in [4.78, 5) is 13.8. The van der Waals surface area contributed by atoms with Crippen LogP contribution in [0, 0.1) is 5.82 Å². The van der Waals surface area contributed by atoms with E-state index in [1.807, 2.05) is 0 Å². The zero-order valence-electron chi connectivity index (χ0n) is 7.40. The molecule has 1 aromatic carbocycles. The van der Waals surface area contributed by atoms with Crippen molar-refractivity contribution < 1.29 is 9.18 Å². The summed E-state index contributed by atoms with van der Waals surface area (Å²) in [6, 6.07) is 4.52. The van der Waals surface area contributed by atoms with E-state index in [1.54, 1.807) is 12.1 Å². The second-order valence-electron chi connectivity index (χ2n) is 3.06. The lowest BCUT2D eigenvalue weighted by molar-refractivity contribution is 0.101. The number of halogens is 2. The summed E-state index contributed by atoms with van der Waals surface area (Å²) in [5.41, 5.74) is 0.907. The van der Waals surface area contributed by atoms with E-state index in [0.29, 0.717) is 11.2 Å². The van der Waals surface area contributed by atoms with Crippen LogP contribution in [0.1, 0.15) is 17.4 Å². The number of carbonyl (C=O) groups is 1.